The summed E-state index contributed by atoms with van der Waals surface area (Å²) in [7, 11) is 1.87. The summed E-state index contributed by atoms with van der Waals surface area (Å²) in [6.07, 6.45) is -2.24. The van der Waals surface area contributed by atoms with Crippen molar-refractivity contribution in [3.05, 3.63) is 70.7 Å². The number of benzene rings is 3. The van der Waals surface area contributed by atoms with Gasteiger partial charge in [0.25, 0.3) is 5.91 Å². The third-order valence-corrected chi connectivity index (χ3v) is 6.14. The first-order chi connectivity index (χ1) is 16.1. The lowest BCUT2D eigenvalue weighted by Gasteiger charge is -2.31. The number of hydrogen-bond acceptors (Lipinski definition) is 4. The van der Waals surface area contributed by atoms with Crippen LogP contribution in [0.15, 0.2) is 54.6 Å². The first-order valence-electron chi connectivity index (χ1n) is 11.3. The lowest BCUT2D eigenvalue weighted by atomic mass is 9.92. The molecule has 1 amide bonds. The molecule has 0 saturated heterocycles. The molecule has 0 spiro atoms. The van der Waals surface area contributed by atoms with E-state index in [0.717, 1.165) is 27.6 Å². The fourth-order valence-corrected chi connectivity index (χ4v) is 4.69. The molecule has 2 atom stereocenters. The molecule has 0 aliphatic carbocycles. The quantitative estimate of drug-likeness (QED) is 0.477. The van der Waals surface area contributed by atoms with Crippen molar-refractivity contribution in [3.63, 3.8) is 0 Å². The Morgan fingerprint density at radius 1 is 1.09 bits per heavy atom. The highest BCUT2D eigenvalue weighted by molar-refractivity contribution is 6.30. The highest BCUT2D eigenvalue weighted by Crippen LogP contribution is 2.43. The summed E-state index contributed by atoms with van der Waals surface area (Å²) >= 11 is 6.42. The zero-order valence-corrected chi connectivity index (χ0v) is 20.5. The van der Waals surface area contributed by atoms with Crippen molar-refractivity contribution >= 4 is 45.6 Å². The molecule has 3 aromatic carbocycles. The first kappa shape index (κ1) is 24.0. The number of carbonyl (C=O) groups excluding carboxylic acids is 1. The second-order valence-corrected chi connectivity index (χ2v) is 10.2. The number of carboxylic acid groups (broad SMARTS) is 1. The van der Waals surface area contributed by atoms with E-state index in [9.17, 15) is 14.7 Å². The van der Waals surface area contributed by atoms with Gasteiger partial charge in [0, 0.05) is 40.9 Å². The van der Waals surface area contributed by atoms with Crippen molar-refractivity contribution in [2.75, 3.05) is 23.8 Å². The molecule has 0 aromatic heterocycles. The average molecular weight is 481 g/mol. The summed E-state index contributed by atoms with van der Waals surface area (Å²) in [6, 6.07) is 17.3. The summed E-state index contributed by atoms with van der Waals surface area (Å²) in [4.78, 5) is 27.0. The van der Waals surface area contributed by atoms with Crippen LogP contribution in [0.3, 0.4) is 0 Å². The molecular weight excluding hydrogens is 452 g/mol. The van der Waals surface area contributed by atoms with Gasteiger partial charge in [0.1, 0.15) is 12.2 Å². The Labute approximate surface area is 204 Å². The van der Waals surface area contributed by atoms with Gasteiger partial charge in [-0.25, -0.2) is 0 Å². The van der Waals surface area contributed by atoms with Crippen LogP contribution in [0.1, 0.15) is 44.4 Å². The van der Waals surface area contributed by atoms with E-state index >= 15 is 0 Å². The minimum Gasteiger partial charge on any atom is -0.481 e. The molecule has 0 saturated carbocycles. The van der Waals surface area contributed by atoms with Gasteiger partial charge >= 0.3 is 5.97 Å². The monoisotopic (exact) mass is 480 g/mol. The van der Waals surface area contributed by atoms with Gasteiger partial charge in [0.05, 0.1) is 6.42 Å². The smallest absolute Gasteiger partial charge is 0.306 e. The maximum absolute atomic E-state index is 13.6. The summed E-state index contributed by atoms with van der Waals surface area (Å²) in [5.74, 6) is -1.45. The summed E-state index contributed by atoms with van der Waals surface area (Å²) < 4.78 is 6.38. The highest BCUT2D eigenvalue weighted by atomic mass is 35.5. The Morgan fingerprint density at radius 2 is 1.79 bits per heavy atom. The molecule has 2 N–H and O–H groups in total. The molecule has 4 rings (SSSR count). The van der Waals surface area contributed by atoms with Crippen molar-refractivity contribution in [3.8, 4) is 0 Å². The predicted molar refractivity (Wildman–Crippen MR) is 136 cm³/mol. The highest BCUT2D eigenvalue weighted by Gasteiger charge is 2.39. The van der Waals surface area contributed by atoms with Crippen molar-refractivity contribution in [1.82, 2.24) is 0 Å². The summed E-state index contributed by atoms with van der Waals surface area (Å²) in [6.45, 7) is 6.52. The molecule has 2 unspecified atom stereocenters. The number of anilines is 2. The molecule has 7 heteroatoms. The van der Waals surface area contributed by atoms with Gasteiger partial charge in [-0.15, -0.1) is 0 Å². The maximum atomic E-state index is 13.6. The zero-order chi connectivity index (χ0) is 24.6. The maximum Gasteiger partial charge on any atom is 0.306 e. The molecule has 1 aliphatic heterocycles. The number of nitrogens with one attached hydrogen (secondary N) is 1. The van der Waals surface area contributed by atoms with Crippen molar-refractivity contribution < 1.29 is 19.4 Å². The first-order valence-corrected chi connectivity index (χ1v) is 11.6. The van der Waals surface area contributed by atoms with Gasteiger partial charge < -0.3 is 20.1 Å². The second-order valence-electron chi connectivity index (χ2n) is 9.79. The molecular formula is C27H29ClN2O4. The number of hydrogen-bond donors (Lipinski definition) is 2. The number of fused-ring (bicyclic) bond motifs is 2. The Morgan fingerprint density at radius 3 is 2.44 bits per heavy atom. The molecule has 178 valence electrons. The minimum atomic E-state index is -1.14. The number of carbonyl (C=O) groups is 2. The van der Waals surface area contributed by atoms with Crippen molar-refractivity contribution in [2.24, 2.45) is 5.41 Å². The van der Waals surface area contributed by atoms with Crippen LogP contribution in [0.5, 0.6) is 0 Å². The standard InChI is InChI=1S/C27H29ClN2O4/c1-27(2,3)15-30-22-12-9-16(28)13-20(22)25(34-23(26(30)33)14-24(31)32)19-10-11-21(29-4)18-8-6-5-7-17(18)19/h5-13,23,25,29H,14-15H2,1-4H3,(H,31,32). The number of ether oxygens (including phenoxy) is 1. The second kappa shape index (κ2) is 9.28. The molecule has 0 bridgehead atoms. The number of carboxylic acids is 1. The molecule has 6 nitrogen and oxygen atoms in total. The van der Waals surface area contributed by atoms with Gasteiger partial charge in [0.2, 0.25) is 0 Å². The largest absolute Gasteiger partial charge is 0.481 e. The van der Waals surface area contributed by atoms with Gasteiger partial charge in [-0.05, 0) is 40.6 Å². The van der Waals surface area contributed by atoms with Crippen molar-refractivity contribution in [2.45, 2.75) is 39.4 Å². The van der Waals surface area contributed by atoms with Crippen LogP contribution in [0.4, 0.5) is 11.4 Å². The van der Waals surface area contributed by atoms with E-state index in [1.165, 1.54) is 0 Å². The number of rotatable bonds is 5. The van der Waals surface area contributed by atoms with E-state index in [1.54, 1.807) is 11.0 Å². The van der Waals surface area contributed by atoms with Gasteiger partial charge in [0.15, 0.2) is 0 Å². The number of amides is 1. The van der Waals surface area contributed by atoms with Crippen LogP contribution < -0.4 is 10.2 Å². The topological polar surface area (TPSA) is 78.9 Å². The van der Waals surface area contributed by atoms with Crippen LogP contribution in [-0.4, -0.2) is 36.7 Å². The van der Waals surface area contributed by atoms with E-state index in [1.807, 2.05) is 76.3 Å². The molecule has 1 aliphatic rings. The number of nitrogens with zero attached hydrogens (tertiary/aromatic N) is 1. The summed E-state index contributed by atoms with van der Waals surface area (Å²) in [5.41, 5.74) is 3.01. The Balaban J connectivity index is 1.97. The minimum absolute atomic E-state index is 0.221. The average Bonchev–Trinajstić information content (AvgIpc) is 2.87. The number of halogens is 1. The third-order valence-electron chi connectivity index (χ3n) is 5.91. The molecule has 0 fully saturated rings. The molecule has 34 heavy (non-hydrogen) atoms. The zero-order valence-electron chi connectivity index (χ0n) is 19.8. The third kappa shape index (κ3) is 4.74. The van der Waals surface area contributed by atoms with E-state index in [0.29, 0.717) is 17.3 Å². The van der Waals surface area contributed by atoms with Gasteiger partial charge in [-0.3, -0.25) is 9.59 Å². The van der Waals surface area contributed by atoms with Crippen molar-refractivity contribution in [1.29, 1.82) is 0 Å². The summed E-state index contributed by atoms with van der Waals surface area (Å²) in [5, 5.41) is 15.3. The Hall–Kier alpha value is -3.09. The van der Waals surface area contributed by atoms with E-state index in [4.69, 9.17) is 16.3 Å². The SMILES string of the molecule is CNc1ccc(C2OC(CC(=O)O)C(=O)N(CC(C)(C)C)c3ccc(Cl)cc32)c2ccccc12. The fraction of sp³-hybridized carbons (Fsp3) is 0.333. The Kier molecular flexibility index (Phi) is 6.56. The molecule has 1 heterocycles. The van der Waals surface area contributed by atoms with Crippen LogP contribution in [0, 0.1) is 5.41 Å². The molecule has 3 aromatic rings. The van der Waals surface area contributed by atoms with E-state index < -0.39 is 24.6 Å². The van der Waals surface area contributed by atoms with Gasteiger partial charge in [-0.1, -0.05) is 62.7 Å². The normalized spacial score (nSPS) is 18.5. The number of aliphatic carboxylic acids is 1. The van der Waals surface area contributed by atoms with Crippen LogP contribution in [-0.2, 0) is 14.3 Å². The van der Waals surface area contributed by atoms with E-state index in [2.05, 4.69) is 5.32 Å². The lowest BCUT2D eigenvalue weighted by molar-refractivity contribution is -0.147. The molecule has 0 radical (unpaired) electrons. The van der Waals surface area contributed by atoms with Gasteiger partial charge in [-0.2, -0.15) is 0 Å². The Bertz CT molecular complexity index is 1250. The van der Waals surface area contributed by atoms with Crippen LogP contribution in [0.2, 0.25) is 5.02 Å². The predicted octanol–water partition coefficient (Wildman–Crippen LogP) is 5.88. The van der Waals surface area contributed by atoms with Crippen LogP contribution in [0.25, 0.3) is 10.8 Å². The lowest BCUT2D eigenvalue weighted by Crippen LogP contribution is -2.44. The van der Waals surface area contributed by atoms with Crippen LogP contribution >= 0.6 is 11.6 Å². The fourth-order valence-electron chi connectivity index (χ4n) is 4.51. The van der Waals surface area contributed by atoms with E-state index in [-0.39, 0.29) is 11.3 Å².